The van der Waals surface area contributed by atoms with E-state index in [-0.39, 0.29) is 36.0 Å². The summed E-state index contributed by atoms with van der Waals surface area (Å²) in [5.41, 5.74) is 8.46. The number of carbonyl (C=O) groups excluding carboxylic acids is 1. The van der Waals surface area contributed by atoms with Crippen molar-refractivity contribution in [3.8, 4) is 11.5 Å². The molecule has 21 heavy (non-hydrogen) atoms. The molecule has 1 aromatic carbocycles. The van der Waals surface area contributed by atoms with Gasteiger partial charge in [0.1, 0.15) is 6.61 Å². The molecular formula is C13H13N3O5. The Morgan fingerprint density at radius 3 is 2.76 bits per heavy atom. The molecule has 8 nitrogen and oxygen atoms in total. The van der Waals surface area contributed by atoms with Crippen molar-refractivity contribution in [2.45, 2.75) is 0 Å². The quantitative estimate of drug-likeness (QED) is 0.246. The van der Waals surface area contributed by atoms with Crippen LogP contribution in [0.5, 0.6) is 11.5 Å². The molecule has 0 aliphatic rings. The van der Waals surface area contributed by atoms with Gasteiger partial charge in [0.05, 0.1) is 6.54 Å². The summed E-state index contributed by atoms with van der Waals surface area (Å²) in [7, 11) is 0. The van der Waals surface area contributed by atoms with Crippen molar-refractivity contribution in [3.05, 3.63) is 46.9 Å². The molecule has 1 aromatic rings. The van der Waals surface area contributed by atoms with Crippen LogP contribution >= 0.6 is 0 Å². The van der Waals surface area contributed by atoms with Gasteiger partial charge in [0, 0.05) is 10.5 Å². The molecule has 0 aliphatic carbocycles. The predicted molar refractivity (Wildman–Crippen MR) is 73.6 cm³/mol. The van der Waals surface area contributed by atoms with Crippen LogP contribution in [-0.2, 0) is 4.79 Å². The fourth-order valence-corrected chi connectivity index (χ4v) is 1.39. The summed E-state index contributed by atoms with van der Waals surface area (Å²) in [6.07, 6.45) is 1.50. The summed E-state index contributed by atoms with van der Waals surface area (Å²) in [6.45, 7) is 2.82. The Balaban J connectivity index is 2.98. The highest BCUT2D eigenvalue weighted by Gasteiger charge is 2.12. The van der Waals surface area contributed by atoms with Crippen molar-refractivity contribution in [1.29, 1.82) is 0 Å². The fourth-order valence-electron chi connectivity index (χ4n) is 1.39. The normalized spacial score (nSPS) is 9.33. The highest BCUT2D eigenvalue weighted by Crippen LogP contribution is 2.28. The van der Waals surface area contributed by atoms with E-state index in [0.717, 1.165) is 0 Å². The number of hydrogen-bond donors (Lipinski definition) is 1. The van der Waals surface area contributed by atoms with Crippen LogP contribution < -0.4 is 9.47 Å². The lowest BCUT2D eigenvalue weighted by molar-refractivity contribution is -0.139. The zero-order valence-corrected chi connectivity index (χ0v) is 11.1. The van der Waals surface area contributed by atoms with Crippen LogP contribution in [0.4, 0.5) is 0 Å². The molecule has 0 heterocycles. The van der Waals surface area contributed by atoms with Gasteiger partial charge in [-0.25, -0.2) is 4.79 Å². The van der Waals surface area contributed by atoms with Crippen molar-refractivity contribution in [2.75, 3.05) is 19.8 Å². The third kappa shape index (κ3) is 5.25. The molecule has 0 spiro atoms. The molecule has 110 valence electrons. The first kappa shape index (κ1) is 16.1. The van der Waals surface area contributed by atoms with Gasteiger partial charge in [0.15, 0.2) is 23.9 Å². The van der Waals surface area contributed by atoms with E-state index in [1.165, 1.54) is 24.3 Å². The zero-order chi connectivity index (χ0) is 15.7. The van der Waals surface area contributed by atoms with Crippen molar-refractivity contribution < 1.29 is 24.2 Å². The van der Waals surface area contributed by atoms with E-state index < -0.39 is 12.6 Å². The third-order valence-electron chi connectivity index (χ3n) is 2.25. The van der Waals surface area contributed by atoms with Crippen LogP contribution in [0.1, 0.15) is 10.4 Å². The molecule has 0 aliphatic heterocycles. The van der Waals surface area contributed by atoms with Crippen LogP contribution in [0.3, 0.4) is 0 Å². The maximum atomic E-state index is 11.7. The van der Waals surface area contributed by atoms with Gasteiger partial charge in [-0.15, -0.1) is 0 Å². The number of azide groups is 1. The van der Waals surface area contributed by atoms with E-state index >= 15 is 0 Å². The lowest BCUT2D eigenvalue weighted by atomic mass is 10.1. The summed E-state index contributed by atoms with van der Waals surface area (Å²) >= 11 is 0. The second kappa shape index (κ2) is 8.23. The van der Waals surface area contributed by atoms with Crippen LogP contribution in [0.25, 0.3) is 10.4 Å². The minimum atomic E-state index is -1.13. The summed E-state index contributed by atoms with van der Waals surface area (Å²) in [5, 5.41) is 11.8. The number of ether oxygens (including phenoxy) is 2. The van der Waals surface area contributed by atoms with Gasteiger partial charge < -0.3 is 14.6 Å². The summed E-state index contributed by atoms with van der Waals surface area (Å²) in [6, 6.07) is 4.26. The molecule has 0 radical (unpaired) electrons. The number of carboxylic acids is 1. The van der Waals surface area contributed by atoms with Crippen LogP contribution in [0.15, 0.2) is 36.0 Å². The van der Waals surface area contributed by atoms with Gasteiger partial charge in [0.2, 0.25) is 0 Å². The highest BCUT2D eigenvalue weighted by molar-refractivity contribution is 5.98. The standard InChI is InChI=1S/C13H13N3O5/c1-2-5-20-12-6-9(10(17)7-15-16-14)3-4-11(12)21-8-13(18)19/h2-4,6H,1,5,7-8H2,(H,18,19). The van der Waals surface area contributed by atoms with E-state index in [4.69, 9.17) is 20.1 Å². The summed E-state index contributed by atoms with van der Waals surface area (Å²) < 4.78 is 10.4. The van der Waals surface area contributed by atoms with Crippen molar-refractivity contribution in [2.24, 2.45) is 5.11 Å². The smallest absolute Gasteiger partial charge is 0.341 e. The Morgan fingerprint density at radius 2 is 2.14 bits per heavy atom. The number of aliphatic carboxylic acids is 1. The van der Waals surface area contributed by atoms with Crippen molar-refractivity contribution in [3.63, 3.8) is 0 Å². The topological polar surface area (TPSA) is 122 Å². The number of rotatable bonds is 9. The average Bonchev–Trinajstić information content (AvgIpc) is 2.48. The minimum Gasteiger partial charge on any atom is -0.486 e. The number of hydrogen-bond acceptors (Lipinski definition) is 5. The molecule has 0 bridgehead atoms. The molecule has 0 aromatic heterocycles. The summed E-state index contributed by atoms with van der Waals surface area (Å²) in [4.78, 5) is 24.7. The molecule has 8 heteroatoms. The van der Waals surface area contributed by atoms with Crippen molar-refractivity contribution >= 4 is 11.8 Å². The van der Waals surface area contributed by atoms with Gasteiger partial charge >= 0.3 is 5.97 Å². The first-order valence-corrected chi connectivity index (χ1v) is 5.85. The molecule has 1 rings (SSSR count). The predicted octanol–water partition coefficient (Wildman–Crippen LogP) is 2.21. The Labute approximate surface area is 120 Å². The van der Waals surface area contributed by atoms with Gasteiger partial charge in [-0.1, -0.05) is 17.8 Å². The van der Waals surface area contributed by atoms with Gasteiger partial charge in [-0.2, -0.15) is 0 Å². The second-order valence-electron chi connectivity index (χ2n) is 3.76. The molecular weight excluding hydrogens is 278 g/mol. The highest BCUT2D eigenvalue weighted by atomic mass is 16.5. The largest absolute Gasteiger partial charge is 0.486 e. The summed E-state index contributed by atoms with van der Waals surface area (Å²) in [5.74, 6) is -1.11. The molecule has 0 atom stereocenters. The SMILES string of the molecule is C=CCOc1cc(C(=O)CN=[N+]=[N-])ccc1OCC(=O)O. The fraction of sp³-hybridized carbons (Fsp3) is 0.231. The molecule has 0 fully saturated rings. The van der Waals surface area contributed by atoms with Crippen LogP contribution in [0, 0.1) is 0 Å². The Hall–Kier alpha value is -2.99. The van der Waals surface area contributed by atoms with Gasteiger partial charge in [-0.05, 0) is 23.7 Å². The monoisotopic (exact) mass is 291 g/mol. The second-order valence-corrected chi connectivity index (χ2v) is 3.76. The molecule has 1 N–H and O–H groups in total. The third-order valence-corrected chi connectivity index (χ3v) is 2.25. The maximum Gasteiger partial charge on any atom is 0.341 e. The Bertz CT molecular complexity index is 593. The van der Waals surface area contributed by atoms with E-state index in [1.54, 1.807) is 0 Å². The zero-order valence-electron chi connectivity index (χ0n) is 11.1. The van der Waals surface area contributed by atoms with Gasteiger partial charge in [0.25, 0.3) is 0 Å². The van der Waals surface area contributed by atoms with E-state index in [0.29, 0.717) is 0 Å². The van der Waals surface area contributed by atoms with E-state index in [2.05, 4.69) is 16.6 Å². The average molecular weight is 291 g/mol. The van der Waals surface area contributed by atoms with Crippen LogP contribution in [-0.4, -0.2) is 36.6 Å². The maximum absolute atomic E-state index is 11.7. The van der Waals surface area contributed by atoms with E-state index in [9.17, 15) is 9.59 Å². The van der Waals surface area contributed by atoms with E-state index in [1.807, 2.05) is 0 Å². The molecule has 0 saturated carbocycles. The Morgan fingerprint density at radius 1 is 1.38 bits per heavy atom. The first-order chi connectivity index (χ1) is 10.1. The van der Waals surface area contributed by atoms with Crippen LogP contribution in [0.2, 0.25) is 0 Å². The molecule has 0 amide bonds. The number of Topliss-reactive ketones (excluding diaryl/α,β-unsaturated/α-hetero) is 1. The minimum absolute atomic E-state index is 0.164. The van der Waals surface area contributed by atoms with Crippen molar-refractivity contribution in [1.82, 2.24) is 0 Å². The lowest BCUT2D eigenvalue weighted by Crippen LogP contribution is -2.11. The number of benzene rings is 1. The number of carbonyl (C=O) groups is 2. The first-order valence-electron chi connectivity index (χ1n) is 5.85. The molecule has 0 saturated heterocycles. The Kier molecular flexibility index (Phi) is 6.30. The van der Waals surface area contributed by atoms with Gasteiger partial charge in [-0.3, -0.25) is 4.79 Å². The number of ketones is 1. The lowest BCUT2D eigenvalue weighted by Gasteiger charge is -2.11. The number of nitrogens with zero attached hydrogens (tertiary/aromatic N) is 3. The number of carboxylic acid groups (broad SMARTS) is 1. The molecule has 0 unspecified atom stereocenters.